The van der Waals surface area contributed by atoms with Crippen molar-refractivity contribution in [1.29, 1.82) is 0 Å². The first-order valence-electron chi connectivity index (χ1n) is 16.9. The van der Waals surface area contributed by atoms with Crippen molar-refractivity contribution in [1.82, 2.24) is 9.72 Å². The predicted molar refractivity (Wildman–Crippen MR) is 200 cm³/mol. The molecule has 290 valence electrons. The van der Waals surface area contributed by atoms with Crippen LogP contribution in [0.5, 0.6) is 17.2 Å². The topological polar surface area (TPSA) is 122 Å². The number of pyridine rings is 1. The molecule has 17 heteroatoms. The van der Waals surface area contributed by atoms with Gasteiger partial charge in [0.25, 0.3) is 15.6 Å². The molecule has 4 aromatic carbocycles. The van der Waals surface area contributed by atoms with E-state index in [1.807, 2.05) is 0 Å². The van der Waals surface area contributed by atoms with Crippen LogP contribution in [0.2, 0.25) is 0 Å². The van der Waals surface area contributed by atoms with Gasteiger partial charge in [-0.15, -0.1) is 0 Å². The summed E-state index contributed by atoms with van der Waals surface area (Å²) in [5.41, 5.74) is -2.64. The van der Waals surface area contributed by atoms with Crippen molar-refractivity contribution < 1.29 is 49.5 Å². The van der Waals surface area contributed by atoms with Crippen LogP contribution in [0.25, 0.3) is 16.6 Å². The Bertz CT molecular complexity index is 2560. The summed E-state index contributed by atoms with van der Waals surface area (Å²) in [6, 6.07) is 25.0. The van der Waals surface area contributed by atoms with E-state index in [-0.39, 0.29) is 45.5 Å². The number of aromatic nitrogens is 2. The lowest BCUT2D eigenvalue weighted by molar-refractivity contribution is -0.286. The van der Waals surface area contributed by atoms with E-state index < -0.39 is 57.2 Å². The molecular formula is C39H31F4N3O8S2. The van der Waals surface area contributed by atoms with Gasteiger partial charge in [-0.1, -0.05) is 35.5 Å². The zero-order chi connectivity index (χ0) is 39.8. The molecular weight excluding hydrogens is 779 g/mol. The molecule has 6 aromatic rings. The van der Waals surface area contributed by atoms with E-state index in [0.717, 1.165) is 14.9 Å². The van der Waals surface area contributed by atoms with Crippen molar-refractivity contribution in [2.75, 3.05) is 18.5 Å². The summed E-state index contributed by atoms with van der Waals surface area (Å²) in [7, 11) is -1.51. The highest BCUT2D eigenvalue weighted by Gasteiger charge is 2.65. The summed E-state index contributed by atoms with van der Waals surface area (Å²) in [6.07, 6.45) is -4.95. The Morgan fingerprint density at radius 2 is 1.68 bits per heavy atom. The molecule has 0 aliphatic heterocycles. The van der Waals surface area contributed by atoms with E-state index in [9.17, 15) is 26.4 Å². The number of nitrogens with zero attached hydrogens (tertiary/aromatic N) is 3. The highest BCUT2D eigenvalue weighted by atomic mass is 32.2. The maximum atomic E-state index is 16.0. The van der Waals surface area contributed by atoms with Gasteiger partial charge in [0.2, 0.25) is 5.60 Å². The predicted octanol–water partition coefficient (Wildman–Crippen LogP) is 8.09. The number of sulfonamides is 1. The number of benzene rings is 4. The highest BCUT2D eigenvalue weighted by Crippen LogP contribution is 2.56. The van der Waals surface area contributed by atoms with E-state index in [1.54, 1.807) is 42.5 Å². The van der Waals surface area contributed by atoms with E-state index in [2.05, 4.69) is 5.16 Å². The molecule has 0 bridgehead atoms. The maximum Gasteiger partial charge on any atom is 0.428 e. The molecule has 0 saturated heterocycles. The second-order valence-corrected chi connectivity index (χ2v) is 15.1. The van der Waals surface area contributed by atoms with Crippen molar-refractivity contribution in [2.24, 2.45) is 0 Å². The first-order chi connectivity index (χ1) is 26.7. The van der Waals surface area contributed by atoms with Gasteiger partial charge in [-0.25, -0.2) is 17.1 Å². The number of hydrogen-bond donors (Lipinski definition) is 0. The Morgan fingerprint density at radius 1 is 0.946 bits per heavy atom. The summed E-state index contributed by atoms with van der Waals surface area (Å²) in [5, 5.41) is 3.41. The molecule has 0 atom stereocenters. The summed E-state index contributed by atoms with van der Waals surface area (Å²) < 4.78 is 116. The Kier molecular flexibility index (Phi) is 10.2. The van der Waals surface area contributed by atoms with Crippen LogP contribution < -0.4 is 24.1 Å². The summed E-state index contributed by atoms with van der Waals surface area (Å²) in [6.45, 7) is -0.107. The number of methoxy groups -OCH3 is 2. The molecule has 11 nitrogen and oxygen atoms in total. The molecule has 0 N–H and O–H groups in total. The van der Waals surface area contributed by atoms with Crippen LogP contribution in [0, 0.1) is 5.82 Å². The van der Waals surface area contributed by atoms with E-state index in [1.165, 1.54) is 75.1 Å². The van der Waals surface area contributed by atoms with Crippen LogP contribution in [0.3, 0.4) is 0 Å². The second kappa shape index (κ2) is 15.0. The zero-order valence-corrected chi connectivity index (χ0v) is 31.2. The van der Waals surface area contributed by atoms with Gasteiger partial charge < -0.3 is 23.5 Å². The van der Waals surface area contributed by atoms with Crippen LogP contribution >= 0.6 is 12.2 Å². The molecule has 0 amide bonds. The molecule has 56 heavy (non-hydrogen) atoms. The van der Waals surface area contributed by atoms with Gasteiger partial charge >= 0.3 is 11.4 Å². The lowest BCUT2D eigenvalue weighted by Crippen LogP contribution is -2.57. The first kappa shape index (κ1) is 38.3. The van der Waals surface area contributed by atoms with E-state index in [4.69, 9.17) is 35.7 Å². The summed E-state index contributed by atoms with van der Waals surface area (Å²) in [5.74, 6) is -1.06. The quantitative estimate of drug-likeness (QED) is 0.0938. The number of rotatable bonds is 11. The average molecular weight is 810 g/mol. The molecule has 1 fully saturated rings. The monoisotopic (exact) mass is 809 g/mol. The largest absolute Gasteiger partial charge is 0.497 e. The van der Waals surface area contributed by atoms with Crippen LogP contribution in [0.4, 0.5) is 23.4 Å². The number of thiocarbonyl (C=S) groups is 1. The standard InChI is InChI=1S/C39H31F4N3O8S2/c1-50-27-11-8-24(9-12-27)23-45(35-16-17-52-44-35)56(48,49)29-13-14-32-25(18-29)10-15-36(47)46(32)33-20-31(40)30(19-34(33)51-2)26-21-38(22-26,39(41,42)43)54-37(55)53-28-6-4-3-5-7-28/h3-20,26H,21-23H2,1-2H3. The van der Waals surface area contributed by atoms with Gasteiger partial charge in [0.05, 0.1) is 36.9 Å². The van der Waals surface area contributed by atoms with Crippen LogP contribution in [0.15, 0.2) is 124 Å². The van der Waals surface area contributed by atoms with Crippen molar-refractivity contribution in [3.05, 3.63) is 137 Å². The Morgan fingerprint density at radius 3 is 2.32 bits per heavy atom. The third kappa shape index (κ3) is 7.26. The molecule has 1 aliphatic rings. The molecule has 0 spiro atoms. The third-order valence-electron chi connectivity index (χ3n) is 9.49. The van der Waals surface area contributed by atoms with Crippen molar-refractivity contribution in [2.45, 2.75) is 42.0 Å². The van der Waals surface area contributed by atoms with Crippen molar-refractivity contribution in [3.63, 3.8) is 0 Å². The normalized spacial score (nSPS) is 16.9. The van der Waals surface area contributed by atoms with E-state index in [0.29, 0.717) is 16.7 Å². The number of anilines is 1. The number of hydrogen-bond acceptors (Lipinski definition) is 10. The Hall–Kier alpha value is -5.94. The fourth-order valence-electron chi connectivity index (χ4n) is 6.58. The van der Waals surface area contributed by atoms with Gasteiger partial charge in [-0.05, 0) is 71.6 Å². The van der Waals surface area contributed by atoms with Crippen molar-refractivity contribution >= 4 is 44.2 Å². The number of para-hydroxylation sites is 1. The summed E-state index contributed by atoms with van der Waals surface area (Å²) in [4.78, 5) is 13.2. The number of alkyl halides is 3. The van der Waals surface area contributed by atoms with Gasteiger partial charge in [-0.3, -0.25) is 9.36 Å². The minimum atomic E-state index is -4.86. The molecule has 2 aromatic heterocycles. The van der Waals surface area contributed by atoms with Gasteiger partial charge in [0, 0.05) is 48.6 Å². The summed E-state index contributed by atoms with van der Waals surface area (Å²) >= 11 is 4.97. The fourth-order valence-corrected chi connectivity index (χ4v) is 8.27. The van der Waals surface area contributed by atoms with Crippen molar-refractivity contribution in [3.8, 4) is 22.9 Å². The van der Waals surface area contributed by atoms with Crippen LogP contribution in [-0.2, 0) is 21.3 Å². The zero-order valence-electron chi connectivity index (χ0n) is 29.5. The van der Waals surface area contributed by atoms with Crippen LogP contribution in [0.1, 0.15) is 29.9 Å². The first-order valence-corrected chi connectivity index (χ1v) is 18.7. The maximum absolute atomic E-state index is 16.0. The minimum Gasteiger partial charge on any atom is -0.497 e. The Labute approximate surface area is 322 Å². The van der Waals surface area contributed by atoms with Gasteiger partial charge in [0.15, 0.2) is 5.82 Å². The molecule has 0 radical (unpaired) electrons. The lowest BCUT2D eigenvalue weighted by atomic mass is 9.67. The number of fused-ring (bicyclic) bond motifs is 1. The fraction of sp³-hybridized carbons (Fsp3) is 0.205. The molecule has 1 saturated carbocycles. The van der Waals surface area contributed by atoms with Gasteiger partial charge in [0.1, 0.15) is 29.3 Å². The van der Waals surface area contributed by atoms with E-state index >= 15 is 4.39 Å². The van der Waals surface area contributed by atoms with Gasteiger partial charge in [-0.2, -0.15) is 13.2 Å². The molecule has 0 unspecified atom stereocenters. The smallest absolute Gasteiger partial charge is 0.428 e. The third-order valence-corrected chi connectivity index (χ3v) is 11.4. The number of halogens is 4. The highest BCUT2D eigenvalue weighted by molar-refractivity contribution is 7.92. The SMILES string of the molecule is COc1ccc(CN(c2ccon2)S(=O)(=O)c2ccc3c(ccc(=O)n3-c3cc(F)c(C4CC(OC(=S)Oc5ccccc5)(C(F)(F)F)C4)cc3OC)c2)cc1. The molecule has 2 heterocycles. The second-order valence-electron chi connectivity index (χ2n) is 12.9. The van der Waals surface area contributed by atoms with Crippen LogP contribution in [-0.4, -0.2) is 49.4 Å². The Balaban J connectivity index is 1.19. The molecule has 1 aliphatic carbocycles. The number of ether oxygens (including phenoxy) is 4. The average Bonchev–Trinajstić information content (AvgIpc) is 3.70. The molecule has 7 rings (SSSR count). The lowest BCUT2D eigenvalue weighted by Gasteiger charge is -2.47. The minimum absolute atomic E-state index is 0.0160.